The molecule has 1 N–H and O–H groups in total. The zero-order chi connectivity index (χ0) is 20.3. The number of hydrogen-bond acceptors (Lipinski definition) is 6. The maximum atomic E-state index is 13.4. The molecule has 0 radical (unpaired) electrons. The number of nitrogens with zero attached hydrogens (tertiary/aromatic N) is 3. The Morgan fingerprint density at radius 1 is 1.32 bits per heavy atom. The fraction of sp³-hybridized carbons (Fsp3) is 0.368. The summed E-state index contributed by atoms with van der Waals surface area (Å²) in [6, 6.07) is 6.12. The number of ether oxygens (including phenoxy) is 1. The third kappa shape index (κ3) is 4.72. The molecule has 7 nitrogen and oxygen atoms in total. The molecule has 0 saturated heterocycles. The number of rotatable bonds is 6. The molecule has 9 heteroatoms. The predicted octanol–water partition coefficient (Wildman–Crippen LogP) is 2.84. The van der Waals surface area contributed by atoms with Crippen molar-refractivity contribution in [3.8, 4) is 11.4 Å². The average molecular weight is 404 g/mol. The minimum atomic E-state index is -0.644. The Morgan fingerprint density at radius 3 is 2.82 bits per heavy atom. The molecule has 0 fully saturated rings. The number of thiazole rings is 1. The van der Waals surface area contributed by atoms with Gasteiger partial charge in [-0.2, -0.15) is 4.98 Å². The molecule has 0 unspecified atom stereocenters. The van der Waals surface area contributed by atoms with Gasteiger partial charge in [0.25, 0.3) is 5.91 Å². The number of carbonyl (C=O) groups is 2. The van der Waals surface area contributed by atoms with Crippen LogP contribution in [0.2, 0.25) is 0 Å². The summed E-state index contributed by atoms with van der Waals surface area (Å²) < 4.78 is 20.1. The maximum absolute atomic E-state index is 13.4. The number of aromatic nitrogens is 3. The van der Waals surface area contributed by atoms with E-state index in [9.17, 15) is 14.0 Å². The van der Waals surface area contributed by atoms with E-state index in [1.54, 1.807) is 37.4 Å². The lowest BCUT2D eigenvalue weighted by atomic mass is 9.97. The van der Waals surface area contributed by atoms with Gasteiger partial charge < -0.3 is 10.1 Å². The van der Waals surface area contributed by atoms with Gasteiger partial charge in [0, 0.05) is 23.9 Å². The number of hydrogen-bond donors (Lipinski definition) is 1. The van der Waals surface area contributed by atoms with Crippen molar-refractivity contribution >= 4 is 28.2 Å². The Balaban J connectivity index is 1.56. The monoisotopic (exact) mass is 404 g/mol. The lowest BCUT2D eigenvalue weighted by Crippen LogP contribution is -2.33. The van der Waals surface area contributed by atoms with Gasteiger partial charge in [0.15, 0.2) is 12.4 Å². The zero-order valence-electron chi connectivity index (χ0n) is 15.9. The number of halogens is 1. The third-order valence-electron chi connectivity index (χ3n) is 3.88. The van der Waals surface area contributed by atoms with E-state index in [1.807, 2.05) is 5.38 Å². The Bertz CT molecular complexity index is 1010. The average Bonchev–Trinajstić information content (AvgIpc) is 3.20. The van der Waals surface area contributed by atoms with Crippen molar-refractivity contribution in [1.29, 1.82) is 0 Å². The number of benzene rings is 1. The maximum Gasteiger partial charge on any atom is 0.311 e. The molecule has 2 heterocycles. The van der Waals surface area contributed by atoms with E-state index in [0.717, 1.165) is 5.69 Å². The van der Waals surface area contributed by atoms with Crippen molar-refractivity contribution in [2.24, 2.45) is 5.41 Å². The second-order valence-corrected chi connectivity index (χ2v) is 8.13. The number of amides is 1. The molecule has 3 rings (SSSR count). The van der Waals surface area contributed by atoms with E-state index >= 15 is 0 Å². The molecule has 0 atom stereocenters. The van der Waals surface area contributed by atoms with Crippen molar-refractivity contribution in [2.45, 2.75) is 27.2 Å². The first kappa shape index (κ1) is 19.9. The van der Waals surface area contributed by atoms with E-state index in [-0.39, 0.29) is 18.3 Å². The summed E-state index contributed by atoms with van der Waals surface area (Å²) in [6.45, 7) is 5.25. The van der Waals surface area contributed by atoms with Gasteiger partial charge in [0.1, 0.15) is 5.82 Å². The minimum Gasteiger partial charge on any atom is -0.455 e. The number of carbonyl (C=O) groups excluding carboxylic acids is 2. The Labute approximate surface area is 165 Å². The normalized spacial score (nSPS) is 11.6. The fourth-order valence-electron chi connectivity index (χ4n) is 2.38. The van der Waals surface area contributed by atoms with Gasteiger partial charge >= 0.3 is 5.97 Å². The molecule has 28 heavy (non-hydrogen) atoms. The van der Waals surface area contributed by atoms with Gasteiger partial charge in [-0.1, -0.05) is 12.1 Å². The van der Waals surface area contributed by atoms with Gasteiger partial charge in [-0.05, 0) is 32.9 Å². The molecular formula is C19H21FN4O3S. The SMILES string of the molecule is CC(C)(C)C(=O)OCC(=O)NCCc1csc2nc(-c3cccc(F)c3)nn12. The van der Waals surface area contributed by atoms with E-state index in [0.29, 0.717) is 29.3 Å². The van der Waals surface area contributed by atoms with Crippen molar-refractivity contribution in [3.63, 3.8) is 0 Å². The number of fused-ring (bicyclic) bond motifs is 1. The predicted molar refractivity (Wildman–Crippen MR) is 103 cm³/mol. The number of nitrogens with one attached hydrogen (secondary N) is 1. The van der Waals surface area contributed by atoms with Crippen molar-refractivity contribution < 1.29 is 18.7 Å². The molecule has 1 aromatic carbocycles. The summed E-state index contributed by atoms with van der Waals surface area (Å²) in [7, 11) is 0. The highest BCUT2D eigenvalue weighted by molar-refractivity contribution is 7.15. The van der Waals surface area contributed by atoms with Gasteiger partial charge in [-0.25, -0.2) is 8.91 Å². The van der Waals surface area contributed by atoms with Crippen LogP contribution in [0, 0.1) is 11.2 Å². The highest BCUT2D eigenvalue weighted by Crippen LogP contribution is 2.21. The van der Waals surface area contributed by atoms with Crippen molar-refractivity contribution in [3.05, 3.63) is 41.2 Å². The van der Waals surface area contributed by atoms with Gasteiger partial charge in [0.05, 0.1) is 11.1 Å². The lowest BCUT2D eigenvalue weighted by molar-refractivity contribution is -0.156. The Kier molecular flexibility index (Phi) is 5.73. The Hall–Kier alpha value is -2.81. The molecule has 0 bridgehead atoms. The first-order valence-corrected chi connectivity index (χ1v) is 9.65. The van der Waals surface area contributed by atoms with E-state index < -0.39 is 11.4 Å². The quantitative estimate of drug-likeness (QED) is 0.639. The standard InChI is InChI=1S/C19H21FN4O3S/c1-19(2,3)17(26)27-10-15(25)21-8-7-14-11-28-18-22-16(23-24(14)18)12-5-4-6-13(20)9-12/h4-6,9,11H,7-8,10H2,1-3H3,(H,21,25). The smallest absolute Gasteiger partial charge is 0.311 e. The fourth-order valence-corrected chi connectivity index (χ4v) is 3.23. The molecule has 148 valence electrons. The summed E-state index contributed by atoms with van der Waals surface area (Å²) in [5.74, 6) is -0.672. The van der Waals surface area contributed by atoms with E-state index in [4.69, 9.17) is 4.74 Å². The second kappa shape index (κ2) is 8.05. The topological polar surface area (TPSA) is 85.6 Å². The van der Waals surface area contributed by atoms with Crippen LogP contribution in [-0.2, 0) is 20.7 Å². The van der Waals surface area contributed by atoms with Crippen LogP contribution in [0.15, 0.2) is 29.6 Å². The molecule has 0 spiro atoms. The van der Waals surface area contributed by atoms with Crippen LogP contribution >= 0.6 is 11.3 Å². The van der Waals surface area contributed by atoms with Crippen LogP contribution in [0.5, 0.6) is 0 Å². The molecule has 0 aliphatic rings. The van der Waals surface area contributed by atoms with Crippen LogP contribution in [0.3, 0.4) is 0 Å². The van der Waals surface area contributed by atoms with Gasteiger partial charge in [-0.15, -0.1) is 16.4 Å². The number of esters is 1. The van der Waals surface area contributed by atoms with E-state index in [1.165, 1.54) is 23.5 Å². The molecule has 2 aromatic heterocycles. The summed E-state index contributed by atoms with van der Waals surface area (Å²) >= 11 is 1.42. The molecule has 0 aliphatic carbocycles. The zero-order valence-corrected chi connectivity index (χ0v) is 16.7. The molecule has 0 aliphatic heterocycles. The van der Waals surface area contributed by atoms with Crippen LogP contribution in [-0.4, -0.2) is 39.6 Å². The van der Waals surface area contributed by atoms with Crippen LogP contribution in [0.1, 0.15) is 26.5 Å². The largest absolute Gasteiger partial charge is 0.455 e. The molecular weight excluding hydrogens is 383 g/mol. The molecule has 3 aromatic rings. The van der Waals surface area contributed by atoms with Gasteiger partial charge in [0.2, 0.25) is 4.96 Å². The summed E-state index contributed by atoms with van der Waals surface area (Å²) in [5, 5.41) is 9.06. The Morgan fingerprint density at radius 2 is 2.11 bits per heavy atom. The highest BCUT2D eigenvalue weighted by atomic mass is 32.1. The van der Waals surface area contributed by atoms with Crippen LogP contribution in [0.25, 0.3) is 16.3 Å². The van der Waals surface area contributed by atoms with Crippen molar-refractivity contribution in [1.82, 2.24) is 19.9 Å². The second-order valence-electron chi connectivity index (χ2n) is 7.29. The van der Waals surface area contributed by atoms with Gasteiger partial charge in [-0.3, -0.25) is 9.59 Å². The summed E-state index contributed by atoms with van der Waals surface area (Å²) in [6.07, 6.45) is 0.533. The molecule has 0 saturated carbocycles. The molecule has 1 amide bonds. The first-order chi connectivity index (χ1) is 13.2. The van der Waals surface area contributed by atoms with Crippen LogP contribution in [0.4, 0.5) is 4.39 Å². The van der Waals surface area contributed by atoms with Crippen molar-refractivity contribution in [2.75, 3.05) is 13.2 Å². The minimum absolute atomic E-state index is 0.303. The summed E-state index contributed by atoms with van der Waals surface area (Å²) in [4.78, 5) is 28.6. The van der Waals surface area contributed by atoms with Crippen LogP contribution < -0.4 is 5.32 Å². The lowest BCUT2D eigenvalue weighted by Gasteiger charge is -2.16. The third-order valence-corrected chi connectivity index (χ3v) is 4.75. The van der Waals surface area contributed by atoms with E-state index in [2.05, 4.69) is 15.4 Å². The highest BCUT2D eigenvalue weighted by Gasteiger charge is 2.23. The summed E-state index contributed by atoms with van der Waals surface area (Å²) in [5.41, 5.74) is 0.840. The first-order valence-electron chi connectivity index (χ1n) is 8.77.